The molecule has 0 saturated heterocycles. The minimum absolute atomic E-state index is 0.107. The van der Waals surface area contributed by atoms with Crippen LogP contribution in [0.4, 0.5) is 0 Å². The van der Waals surface area contributed by atoms with E-state index in [4.69, 9.17) is 13.9 Å². The molecule has 0 aliphatic carbocycles. The number of esters is 1. The summed E-state index contributed by atoms with van der Waals surface area (Å²) in [5, 5.41) is 1.93. The number of rotatable bonds is 3. The average Bonchev–Trinajstić information content (AvgIpc) is 3.34. The van der Waals surface area contributed by atoms with Gasteiger partial charge in [0.25, 0.3) is 0 Å². The second kappa shape index (κ2) is 6.07. The summed E-state index contributed by atoms with van der Waals surface area (Å²) in [4.78, 5) is 25.4. The molecule has 0 N–H and O–H groups in total. The van der Waals surface area contributed by atoms with Gasteiger partial charge >= 0.3 is 5.97 Å². The Morgan fingerprint density at radius 2 is 2.08 bits per heavy atom. The van der Waals surface area contributed by atoms with Crippen molar-refractivity contribution >= 4 is 29.2 Å². The minimum Gasteiger partial charge on any atom is -0.457 e. The molecular weight excluding hydrogens is 340 g/mol. The normalized spacial score (nSPS) is 14.4. The molecule has 3 heterocycles. The number of Topliss-reactive ketones (excluding diaryl/α,β-unsaturated/α-hetero) is 1. The first-order chi connectivity index (χ1) is 12.1. The number of ketones is 1. The highest BCUT2D eigenvalue weighted by atomic mass is 32.1. The Bertz CT molecular complexity index is 981. The molecule has 0 bridgehead atoms. The standard InChI is InChI=1S/C19H12O5S/c1-11-14(24-19(21)15-5-2-8-22-15)7-6-13-17(20)16(23-18(11)13)10-12-4-3-9-25-12/h2-10H,1H3/b16-10-. The fourth-order valence-corrected chi connectivity index (χ4v) is 3.17. The van der Waals surface area contributed by atoms with E-state index in [1.807, 2.05) is 17.5 Å². The van der Waals surface area contributed by atoms with E-state index in [0.29, 0.717) is 22.6 Å². The lowest BCUT2D eigenvalue weighted by Gasteiger charge is -2.09. The van der Waals surface area contributed by atoms with Gasteiger partial charge in [-0.25, -0.2) is 4.79 Å². The summed E-state index contributed by atoms with van der Waals surface area (Å²) < 4.78 is 16.1. The van der Waals surface area contributed by atoms with E-state index >= 15 is 0 Å². The van der Waals surface area contributed by atoms with Crippen molar-refractivity contribution in [3.8, 4) is 11.5 Å². The fourth-order valence-electron chi connectivity index (χ4n) is 2.53. The Hall–Kier alpha value is -3.12. The van der Waals surface area contributed by atoms with Gasteiger partial charge in [0.05, 0.1) is 11.8 Å². The van der Waals surface area contributed by atoms with Crippen molar-refractivity contribution in [1.29, 1.82) is 0 Å². The van der Waals surface area contributed by atoms with Crippen LogP contribution in [0.15, 0.2) is 58.2 Å². The first-order valence-corrected chi connectivity index (χ1v) is 8.38. The highest BCUT2D eigenvalue weighted by Crippen LogP contribution is 2.39. The van der Waals surface area contributed by atoms with Gasteiger partial charge in [-0.1, -0.05) is 6.07 Å². The van der Waals surface area contributed by atoms with E-state index in [1.165, 1.54) is 23.7 Å². The van der Waals surface area contributed by atoms with Crippen LogP contribution < -0.4 is 9.47 Å². The van der Waals surface area contributed by atoms with Gasteiger partial charge in [-0.05, 0) is 42.6 Å². The Kier molecular flexibility index (Phi) is 3.74. The van der Waals surface area contributed by atoms with Gasteiger partial charge in [-0.3, -0.25) is 4.79 Å². The maximum absolute atomic E-state index is 12.5. The summed E-state index contributed by atoms with van der Waals surface area (Å²) in [6.45, 7) is 1.74. The zero-order valence-corrected chi connectivity index (χ0v) is 14.0. The molecule has 1 aromatic carbocycles. The zero-order valence-electron chi connectivity index (χ0n) is 13.1. The summed E-state index contributed by atoms with van der Waals surface area (Å²) in [5.41, 5.74) is 1.04. The number of fused-ring (bicyclic) bond motifs is 1. The Balaban J connectivity index is 1.64. The molecule has 5 nitrogen and oxygen atoms in total. The van der Waals surface area contributed by atoms with Gasteiger partial charge in [0, 0.05) is 16.5 Å². The topological polar surface area (TPSA) is 65.7 Å². The molecule has 0 amide bonds. The zero-order chi connectivity index (χ0) is 17.4. The highest BCUT2D eigenvalue weighted by Gasteiger charge is 2.30. The number of furan rings is 1. The van der Waals surface area contributed by atoms with Crippen molar-refractivity contribution in [2.75, 3.05) is 0 Å². The Morgan fingerprint density at radius 3 is 2.80 bits per heavy atom. The molecule has 1 aliphatic rings. The number of carbonyl (C=O) groups is 2. The third-order valence-electron chi connectivity index (χ3n) is 3.78. The third kappa shape index (κ3) is 2.77. The van der Waals surface area contributed by atoms with Crippen LogP contribution >= 0.6 is 11.3 Å². The van der Waals surface area contributed by atoms with Gasteiger partial charge in [-0.2, -0.15) is 0 Å². The maximum atomic E-state index is 12.5. The van der Waals surface area contributed by atoms with Crippen molar-refractivity contribution < 1.29 is 23.5 Å². The van der Waals surface area contributed by atoms with Gasteiger partial charge in [-0.15, -0.1) is 11.3 Å². The lowest BCUT2D eigenvalue weighted by atomic mass is 10.1. The number of benzene rings is 1. The van der Waals surface area contributed by atoms with Gasteiger partial charge in [0.1, 0.15) is 11.5 Å². The first kappa shape index (κ1) is 15.4. The van der Waals surface area contributed by atoms with Crippen molar-refractivity contribution in [2.45, 2.75) is 6.92 Å². The van der Waals surface area contributed by atoms with Crippen molar-refractivity contribution in [3.63, 3.8) is 0 Å². The van der Waals surface area contributed by atoms with Gasteiger partial charge < -0.3 is 13.9 Å². The van der Waals surface area contributed by atoms with Crippen molar-refractivity contribution in [1.82, 2.24) is 0 Å². The predicted molar refractivity (Wildman–Crippen MR) is 92.1 cm³/mol. The van der Waals surface area contributed by atoms with Crippen LogP contribution in [-0.2, 0) is 0 Å². The smallest absolute Gasteiger partial charge is 0.379 e. The molecule has 0 spiro atoms. The van der Waals surface area contributed by atoms with E-state index < -0.39 is 5.97 Å². The molecule has 25 heavy (non-hydrogen) atoms. The SMILES string of the molecule is Cc1c(OC(=O)c2ccco2)ccc2c1O/C(=C\c1cccs1)C2=O. The lowest BCUT2D eigenvalue weighted by molar-refractivity contribution is 0.0700. The molecule has 1 aliphatic heterocycles. The highest BCUT2D eigenvalue weighted by molar-refractivity contribution is 7.10. The number of thiophene rings is 1. The van der Waals surface area contributed by atoms with Crippen molar-refractivity contribution in [3.05, 3.63) is 75.6 Å². The monoisotopic (exact) mass is 352 g/mol. The van der Waals surface area contributed by atoms with E-state index in [2.05, 4.69) is 0 Å². The summed E-state index contributed by atoms with van der Waals surface area (Å²) in [5.74, 6) is 0.315. The van der Waals surface area contributed by atoms with E-state index in [9.17, 15) is 9.59 Å². The molecule has 4 rings (SSSR count). The van der Waals surface area contributed by atoms with Gasteiger partial charge in [0.15, 0.2) is 5.76 Å². The van der Waals surface area contributed by atoms with E-state index in [-0.39, 0.29) is 17.3 Å². The van der Waals surface area contributed by atoms with Crippen LogP contribution in [0.2, 0.25) is 0 Å². The lowest BCUT2D eigenvalue weighted by Crippen LogP contribution is -2.08. The molecular formula is C19H12O5S. The van der Waals surface area contributed by atoms with Crippen LogP contribution in [0, 0.1) is 6.92 Å². The van der Waals surface area contributed by atoms with Crippen LogP contribution in [0.3, 0.4) is 0 Å². The summed E-state index contributed by atoms with van der Waals surface area (Å²) >= 11 is 1.52. The molecule has 0 atom stereocenters. The number of ether oxygens (including phenoxy) is 2. The average molecular weight is 352 g/mol. The summed E-state index contributed by atoms with van der Waals surface area (Å²) in [6, 6.07) is 10.1. The number of carbonyl (C=O) groups excluding carboxylic acids is 2. The third-order valence-corrected chi connectivity index (χ3v) is 4.60. The van der Waals surface area contributed by atoms with E-state index in [0.717, 1.165) is 4.88 Å². The number of allylic oxidation sites excluding steroid dienone is 1. The summed E-state index contributed by atoms with van der Waals surface area (Å²) in [7, 11) is 0. The second-order valence-corrected chi connectivity index (χ2v) is 6.37. The van der Waals surface area contributed by atoms with E-state index in [1.54, 1.807) is 31.2 Å². The predicted octanol–water partition coefficient (Wildman–Crippen LogP) is 4.48. The molecule has 0 radical (unpaired) electrons. The quantitative estimate of drug-likeness (QED) is 0.395. The van der Waals surface area contributed by atoms with Crippen LogP contribution in [-0.4, -0.2) is 11.8 Å². The molecule has 6 heteroatoms. The van der Waals surface area contributed by atoms with Crippen LogP contribution in [0.5, 0.6) is 11.5 Å². The molecule has 3 aromatic rings. The number of hydrogen-bond donors (Lipinski definition) is 0. The van der Waals surface area contributed by atoms with Gasteiger partial charge in [0.2, 0.25) is 11.5 Å². The Labute approximate surface area is 147 Å². The second-order valence-electron chi connectivity index (χ2n) is 5.39. The number of hydrogen-bond acceptors (Lipinski definition) is 6. The van der Waals surface area contributed by atoms with Crippen LogP contribution in [0.25, 0.3) is 6.08 Å². The van der Waals surface area contributed by atoms with Crippen LogP contribution in [0.1, 0.15) is 31.4 Å². The minimum atomic E-state index is -0.605. The largest absolute Gasteiger partial charge is 0.457 e. The molecule has 2 aromatic heterocycles. The molecule has 0 fully saturated rings. The molecule has 124 valence electrons. The summed E-state index contributed by atoms with van der Waals surface area (Å²) in [6.07, 6.45) is 3.11. The first-order valence-electron chi connectivity index (χ1n) is 7.50. The maximum Gasteiger partial charge on any atom is 0.379 e. The molecule has 0 saturated carbocycles. The van der Waals surface area contributed by atoms with Crippen molar-refractivity contribution in [2.24, 2.45) is 0 Å². The molecule has 0 unspecified atom stereocenters. The Morgan fingerprint density at radius 1 is 1.20 bits per heavy atom. The fraction of sp³-hybridized carbons (Fsp3) is 0.0526.